The van der Waals surface area contributed by atoms with Crippen LogP contribution in [-0.4, -0.2) is 58.6 Å². The summed E-state index contributed by atoms with van der Waals surface area (Å²) in [6, 6.07) is 0.392. The summed E-state index contributed by atoms with van der Waals surface area (Å²) in [4.78, 5) is 17.7. The number of hydrogen-bond acceptors (Lipinski definition) is 6. The highest BCUT2D eigenvalue weighted by atomic mass is 35.5. The molecular formula is C14H23ClN6. The van der Waals surface area contributed by atoms with Gasteiger partial charge in [-0.3, -0.25) is 0 Å². The zero-order chi connectivity index (χ0) is 14.7. The highest BCUT2D eigenvalue weighted by Crippen LogP contribution is 2.20. The van der Waals surface area contributed by atoms with Crippen molar-refractivity contribution in [3.05, 3.63) is 5.28 Å². The van der Waals surface area contributed by atoms with E-state index in [1.54, 1.807) is 0 Å². The van der Waals surface area contributed by atoms with Crippen molar-refractivity contribution in [3.63, 3.8) is 0 Å². The third kappa shape index (κ3) is 3.74. The van der Waals surface area contributed by atoms with Crippen LogP contribution in [-0.2, 0) is 0 Å². The summed E-state index contributed by atoms with van der Waals surface area (Å²) in [5, 5.41) is 3.71. The number of piperidine rings is 1. The first-order valence-electron chi connectivity index (χ1n) is 7.90. The van der Waals surface area contributed by atoms with Crippen LogP contribution in [0.5, 0.6) is 0 Å². The predicted molar refractivity (Wildman–Crippen MR) is 85.0 cm³/mol. The molecule has 1 N–H and O–H groups in total. The summed E-state index contributed by atoms with van der Waals surface area (Å²) in [7, 11) is 0. The van der Waals surface area contributed by atoms with E-state index in [0.29, 0.717) is 17.9 Å². The zero-order valence-corrected chi connectivity index (χ0v) is 13.3. The highest BCUT2D eigenvalue weighted by molar-refractivity contribution is 6.28. The van der Waals surface area contributed by atoms with Crippen molar-refractivity contribution in [3.8, 4) is 0 Å². The minimum Gasteiger partial charge on any atom is -0.350 e. The van der Waals surface area contributed by atoms with Crippen molar-refractivity contribution in [2.45, 2.75) is 38.6 Å². The lowest BCUT2D eigenvalue weighted by Gasteiger charge is -2.32. The van der Waals surface area contributed by atoms with Crippen molar-refractivity contribution in [2.24, 2.45) is 0 Å². The van der Waals surface area contributed by atoms with Crippen molar-refractivity contribution >= 4 is 23.5 Å². The van der Waals surface area contributed by atoms with Crippen LogP contribution in [0.3, 0.4) is 0 Å². The average molecular weight is 311 g/mol. The van der Waals surface area contributed by atoms with Crippen molar-refractivity contribution in [1.82, 2.24) is 19.9 Å². The SMILES string of the molecule is CCN1CCCC(Nc2nc(Cl)nc(N3CCCC3)n2)C1. The molecule has 2 aliphatic rings. The molecule has 7 heteroatoms. The first-order valence-corrected chi connectivity index (χ1v) is 8.28. The van der Waals surface area contributed by atoms with Gasteiger partial charge in [-0.25, -0.2) is 0 Å². The van der Waals surface area contributed by atoms with E-state index in [1.165, 1.54) is 25.8 Å². The van der Waals surface area contributed by atoms with Gasteiger partial charge in [0.25, 0.3) is 0 Å². The molecule has 6 nitrogen and oxygen atoms in total. The average Bonchev–Trinajstić information content (AvgIpc) is 3.01. The van der Waals surface area contributed by atoms with E-state index in [1.807, 2.05) is 0 Å². The molecule has 2 aliphatic heterocycles. The molecule has 3 rings (SSSR count). The Bertz CT molecular complexity index is 477. The number of likely N-dealkylation sites (N-methyl/N-ethyl adjacent to an activating group) is 1. The Labute approximate surface area is 130 Å². The van der Waals surface area contributed by atoms with Crippen molar-refractivity contribution in [2.75, 3.05) is 42.9 Å². The Morgan fingerprint density at radius 3 is 2.71 bits per heavy atom. The lowest BCUT2D eigenvalue weighted by atomic mass is 10.1. The van der Waals surface area contributed by atoms with Gasteiger partial charge < -0.3 is 15.1 Å². The second-order valence-corrected chi connectivity index (χ2v) is 6.14. The second-order valence-electron chi connectivity index (χ2n) is 5.80. The second kappa shape index (κ2) is 6.75. The molecule has 2 saturated heterocycles. The number of hydrogen-bond donors (Lipinski definition) is 1. The molecule has 0 bridgehead atoms. The quantitative estimate of drug-likeness (QED) is 0.918. The van der Waals surface area contributed by atoms with E-state index in [-0.39, 0.29) is 5.28 Å². The molecule has 1 aromatic heterocycles. The lowest BCUT2D eigenvalue weighted by Crippen LogP contribution is -2.42. The Kier molecular flexibility index (Phi) is 4.75. The molecule has 21 heavy (non-hydrogen) atoms. The van der Waals surface area contributed by atoms with E-state index in [4.69, 9.17) is 11.6 Å². The smallest absolute Gasteiger partial charge is 0.231 e. The molecule has 1 aromatic rings. The normalized spacial score (nSPS) is 23.5. The number of halogens is 1. The summed E-state index contributed by atoms with van der Waals surface area (Å²) in [5.74, 6) is 1.32. The molecule has 3 heterocycles. The summed E-state index contributed by atoms with van der Waals surface area (Å²) in [6.07, 6.45) is 4.75. The minimum atomic E-state index is 0.276. The molecule has 1 unspecified atom stereocenters. The van der Waals surface area contributed by atoms with E-state index in [2.05, 4.69) is 37.0 Å². The first-order chi connectivity index (χ1) is 10.2. The Morgan fingerprint density at radius 2 is 1.95 bits per heavy atom. The summed E-state index contributed by atoms with van der Waals surface area (Å²) >= 11 is 6.06. The maximum atomic E-state index is 6.06. The Hall–Kier alpha value is -1.14. The van der Waals surface area contributed by atoms with E-state index >= 15 is 0 Å². The van der Waals surface area contributed by atoms with Crippen LogP contribution in [0.1, 0.15) is 32.6 Å². The van der Waals surface area contributed by atoms with Gasteiger partial charge in [-0.2, -0.15) is 15.0 Å². The van der Waals surface area contributed by atoms with Gasteiger partial charge in [0.1, 0.15) is 0 Å². The number of anilines is 2. The van der Waals surface area contributed by atoms with Crippen LogP contribution in [0.2, 0.25) is 5.28 Å². The molecule has 0 aliphatic carbocycles. The predicted octanol–water partition coefficient (Wildman–Crippen LogP) is 2.02. The third-order valence-corrected chi connectivity index (χ3v) is 4.44. The van der Waals surface area contributed by atoms with Gasteiger partial charge in [0.15, 0.2) is 0 Å². The van der Waals surface area contributed by atoms with Gasteiger partial charge in [0, 0.05) is 25.7 Å². The minimum absolute atomic E-state index is 0.276. The summed E-state index contributed by atoms with van der Waals surface area (Å²) in [6.45, 7) is 7.53. The largest absolute Gasteiger partial charge is 0.350 e. The lowest BCUT2D eigenvalue weighted by molar-refractivity contribution is 0.226. The molecule has 0 radical (unpaired) electrons. The monoisotopic (exact) mass is 310 g/mol. The van der Waals surface area contributed by atoms with Crippen LogP contribution in [0.4, 0.5) is 11.9 Å². The number of aromatic nitrogens is 3. The highest BCUT2D eigenvalue weighted by Gasteiger charge is 2.21. The summed E-state index contributed by atoms with van der Waals surface area (Å²) < 4.78 is 0. The van der Waals surface area contributed by atoms with Gasteiger partial charge >= 0.3 is 0 Å². The molecule has 116 valence electrons. The topological polar surface area (TPSA) is 57.2 Å². The molecule has 2 fully saturated rings. The van der Waals surface area contributed by atoms with E-state index < -0.39 is 0 Å². The van der Waals surface area contributed by atoms with Gasteiger partial charge in [-0.05, 0) is 50.4 Å². The van der Waals surface area contributed by atoms with E-state index in [9.17, 15) is 0 Å². The van der Waals surface area contributed by atoms with Crippen LogP contribution < -0.4 is 10.2 Å². The van der Waals surface area contributed by atoms with Gasteiger partial charge in [0.05, 0.1) is 0 Å². The molecular weight excluding hydrogens is 288 g/mol. The molecule has 0 saturated carbocycles. The fraction of sp³-hybridized carbons (Fsp3) is 0.786. The fourth-order valence-corrected chi connectivity index (χ4v) is 3.26. The first kappa shape index (κ1) is 14.8. The summed E-state index contributed by atoms with van der Waals surface area (Å²) in [5.41, 5.74) is 0. The van der Waals surface area contributed by atoms with E-state index in [0.717, 1.165) is 32.6 Å². The number of likely N-dealkylation sites (tertiary alicyclic amines) is 1. The van der Waals surface area contributed by atoms with Gasteiger partial charge in [0.2, 0.25) is 17.2 Å². The Balaban J connectivity index is 1.69. The van der Waals surface area contributed by atoms with Crippen molar-refractivity contribution in [1.29, 1.82) is 0 Å². The number of rotatable bonds is 4. The molecule has 1 atom stereocenters. The van der Waals surface area contributed by atoms with Crippen LogP contribution in [0.25, 0.3) is 0 Å². The van der Waals surface area contributed by atoms with Crippen LogP contribution in [0.15, 0.2) is 0 Å². The fourth-order valence-electron chi connectivity index (χ4n) is 3.11. The van der Waals surface area contributed by atoms with Crippen LogP contribution in [0, 0.1) is 0 Å². The molecule has 0 spiro atoms. The van der Waals surface area contributed by atoms with Gasteiger partial charge in [-0.1, -0.05) is 6.92 Å². The zero-order valence-electron chi connectivity index (χ0n) is 12.6. The van der Waals surface area contributed by atoms with Crippen LogP contribution >= 0.6 is 11.6 Å². The Morgan fingerprint density at radius 1 is 1.14 bits per heavy atom. The molecule has 0 aromatic carbocycles. The maximum absolute atomic E-state index is 6.06. The van der Waals surface area contributed by atoms with Crippen molar-refractivity contribution < 1.29 is 0 Å². The maximum Gasteiger partial charge on any atom is 0.231 e. The number of nitrogens with zero attached hydrogens (tertiary/aromatic N) is 5. The third-order valence-electron chi connectivity index (χ3n) is 4.27. The number of nitrogens with one attached hydrogen (secondary N) is 1. The molecule has 0 amide bonds. The van der Waals surface area contributed by atoms with Gasteiger partial charge in [-0.15, -0.1) is 0 Å². The standard InChI is InChI=1S/C14H23ClN6/c1-2-20-7-5-6-11(10-20)16-13-17-12(15)18-14(19-13)21-8-3-4-9-21/h11H,2-10H2,1H3,(H,16,17,18,19).